The number of carbonyl (C=O) groups excluding carboxylic acids is 2. The summed E-state index contributed by atoms with van der Waals surface area (Å²) in [6.07, 6.45) is 8.91. The highest BCUT2D eigenvalue weighted by Crippen LogP contribution is 2.84. The van der Waals surface area contributed by atoms with Gasteiger partial charge in [-0.1, -0.05) is 12.0 Å². The second kappa shape index (κ2) is 7.62. The monoisotopic (exact) mass is 484 g/mol. The number of likely N-dealkylation sites (tertiary alicyclic amines) is 1. The number of carboxylic acid groups (broad SMARTS) is 1. The fraction of sp³-hybridized carbons (Fsp3) is 0.815. The molecule has 6 rings (SSSR count). The summed E-state index contributed by atoms with van der Waals surface area (Å²) in [5.41, 5.74) is 4.60. The first-order chi connectivity index (χ1) is 16.7. The number of hydrogen-bond acceptors (Lipinski definition) is 6. The van der Waals surface area contributed by atoms with E-state index >= 15 is 0 Å². The molecule has 0 aromatic carbocycles. The van der Waals surface area contributed by atoms with Crippen molar-refractivity contribution in [2.75, 3.05) is 27.2 Å². The van der Waals surface area contributed by atoms with Gasteiger partial charge in [-0.15, -0.1) is 0 Å². The lowest BCUT2D eigenvalue weighted by Gasteiger charge is -2.71. The predicted octanol–water partition coefficient (Wildman–Crippen LogP) is -0.685. The Morgan fingerprint density at radius 2 is 2.03 bits per heavy atom. The number of nitrogens with two attached hydrogens (primary N) is 1. The SMILES string of the molecule is CN=C(N)[NH+]1CC[C@H](CNC)[C@@]23[C@@H]4CC[C@]5(CCCCC(=O)[C@]6(O)C[C@@]52C(=C6C(=O)[O-])C4)CC[C@@H]13. The van der Waals surface area contributed by atoms with Gasteiger partial charge in [0.05, 0.1) is 12.5 Å². The number of hydrogen-bond donors (Lipinski definition) is 4. The summed E-state index contributed by atoms with van der Waals surface area (Å²) in [4.78, 5) is 31.9. The number of aliphatic hydroxyl groups is 1. The van der Waals surface area contributed by atoms with Crippen LogP contribution < -0.4 is 21.1 Å². The molecule has 0 radical (unpaired) electrons. The summed E-state index contributed by atoms with van der Waals surface area (Å²) in [5.74, 6) is -0.385. The molecule has 192 valence electrons. The number of aliphatic carboxylic acids is 1. The van der Waals surface area contributed by atoms with Crippen molar-refractivity contribution in [1.29, 1.82) is 0 Å². The van der Waals surface area contributed by atoms with Crippen LogP contribution in [0.25, 0.3) is 0 Å². The lowest BCUT2D eigenvalue weighted by molar-refractivity contribution is -0.862. The molecule has 0 aromatic rings. The van der Waals surface area contributed by atoms with Crippen LogP contribution in [0.2, 0.25) is 0 Å². The first-order valence-corrected chi connectivity index (χ1v) is 13.7. The minimum Gasteiger partial charge on any atom is -0.545 e. The molecule has 1 unspecified atom stereocenters. The van der Waals surface area contributed by atoms with E-state index in [1.165, 1.54) is 4.90 Å². The van der Waals surface area contributed by atoms with Crippen LogP contribution in [0.5, 0.6) is 0 Å². The Balaban J connectivity index is 1.69. The highest BCUT2D eigenvalue weighted by Gasteiger charge is 2.84. The fourth-order valence-corrected chi connectivity index (χ4v) is 11.1. The van der Waals surface area contributed by atoms with Crippen molar-refractivity contribution in [2.45, 2.75) is 82.3 Å². The molecule has 4 saturated carbocycles. The second-order valence-electron chi connectivity index (χ2n) is 12.4. The van der Waals surface area contributed by atoms with E-state index in [0.29, 0.717) is 30.6 Å². The zero-order chi connectivity index (χ0) is 24.8. The van der Waals surface area contributed by atoms with Crippen LogP contribution in [0.1, 0.15) is 70.6 Å². The Kier molecular flexibility index (Phi) is 5.14. The number of quaternary nitrogens is 1. The fourth-order valence-electron chi connectivity index (χ4n) is 11.1. The third kappa shape index (κ3) is 2.51. The molecule has 5 fully saturated rings. The van der Waals surface area contributed by atoms with Gasteiger partial charge < -0.3 is 26.1 Å². The average Bonchev–Trinajstić information content (AvgIpc) is 3.21. The van der Waals surface area contributed by atoms with Gasteiger partial charge in [-0.3, -0.25) is 9.69 Å². The van der Waals surface area contributed by atoms with Gasteiger partial charge in [0, 0.05) is 42.7 Å². The number of ketones is 1. The number of rotatable bonds is 3. The molecule has 1 aliphatic heterocycles. The van der Waals surface area contributed by atoms with Gasteiger partial charge in [0.2, 0.25) is 0 Å². The minimum absolute atomic E-state index is 0.0642. The zero-order valence-electron chi connectivity index (χ0n) is 21.1. The van der Waals surface area contributed by atoms with Crippen molar-refractivity contribution in [3.05, 3.63) is 11.1 Å². The lowest BCUT2D eigenvalue weighted by Crippen LogP contribution is -3.23. The van der Waals surface area contributed by atoms with Gasteiger partial charge in [-0.05, 0) is 75.8 Å². The van der Waals surface area contributed by atoms with E-state index in [0.717, 1.165) is 63.6 Å². The molecule has 8 heteroatoms. The van der Waals surface area contributed by atoms with E-state index in [1.807, 2.05) is 7.05 Å². The number of nitrogens with one attached hydrogen (secondary N) is 2. The standard InChI is InChI=1S/C27H40N4O4/c1-29-14-17-8-12-31(23(28)30-2)19-7-11-24-9-4-3-5-20(32)25(35)15-26(24)18(21(25)22(33)34)13-16(6-10-24)27(17,19)26/h16-17,19,29,35H,3-15H2,1-2H3,(H2,28,30)(H,33,34)/t16-,17-,19-,24-,25-,26-,27-/m1/s1. The van der Waals surface area contributed by atoms with E-state index in [-0.39, 0.29) is 41.1 Å². The maximum absolute atomic E-state index is 13.5. The molecule has 0 aromatic heterocycles. The highest BCUT2D eigenvalue weighted by atomic mass is 16.4. The summed E-state index contributed by atoms with van der Waals surface area (Å²) >= 11 is 0. The molecule has 5 N–H and O–H groups in total. The molecule has 1 saturated heterocycles. The molecule has 5 bridgehead atoms. The Morgan fingerprint density at radius 1 is 1.26 bits per heavy atom. The topological polar surface area (TPSA) is 132 Å². The Morgan fingerprint density at radius 3 is 2.74 bits per heavy atom. The van der Waals surface area contributed by atoms with Crippen LogP contribution in [0.4, 0.5) is 0 Å². The van der Waals surface area contributed by atoms with Crippen LogP contribution in [-0.4, -0.2) is 61.6 Å². The van der Waals surface area contributed by atoms with E-state index in [4.69, 9.17) is 5.73 Å². The number of nitrogens with zero attached hydrogens (tertiary/aromatic N) is 1. The average molecular weight is 485 g/mol. The van der Waals surface area contributed by atoms with Crippen LogP contribution in [0.15, 0.2) is 16.1 Å². The van der Waals surface area contributed by atoms with Gasteiger partial charge in [-0.2, -0.15) is 0 Å². The smallest absolute Gasteiger partial charge is 0.293 e. The molecule has 6 aliphatic rings. The van der Waals surface area contributed by atoms with Gasteiger partial charge >= 0.3 is 0 Å². The Bertz CT molecular complexity index is 1040. The van der Waals surface area contributed by atoms with Crippen LogP contribution in [0.3, 0.4) is 0 Å². The number of allylic oxidation sites excluding steroid dienone is 1. The number of aliphatic imine (C=N–C) groups is 1. The maximum atomic E-state index is 13.5. The van der Waals surface area contributed by atoms with Gasteiger partial charge in [0.25, 0.3) is 5.96 Å². The predicted molar refractivity (Wildman–Crippen MR) is 128 cm³/mol. The molecule has 35 heavy (non-hydrogen) atoms. The number of piperidine rings is 1. The van der Waals surface area contributed by atoms with Gasteiger partial charge in [0.1, 0.15) is 6.04 Å². The van der Waals surface area contributed by atoms with Crippen LogP contribution >= 0.6 is 0 Å². The number of carboxylic acids is 1. The summed E-state index contributed by atoms with van der Waals surface area (Å²) in [6.45, 7) is 1.76. The van der Waals surface area contributed by atoms with Crippen molar-refractivity contribution in [3.63, 3.8) is 0 Å². The summed E-state index contributed by atoms with van der Waals surface area (Å²) in [6, 6.07) is 0.204. The van der Waals surface area contributed by atoms with E-state index in [2.05, 4.69) is 10.3 Å². The summed E-state index contributed by atoms with van der Waals surface area (Å²) in [5, 5.41) is 28.3. The number of fused-ring (bicyclic) bond motifs is 1. The molecular formula is C27H40N4O4. The molecular weight excluding hydrogens is 444 g/mol. The summed E-state index contributed by atoms with van der Waals surface area (Å²) in [7, 11) is 3.75. The van der Waals surface area contributed by atoms with Crippen LogP contribution in [0, 0.1) is 28.1 Å². The van der Waals surface area contributed by atoms with Crippen LogP contribution in [-0.2, 0) is 9.59 Å². The van der Waals surface area contributed by atoms with Gasteiger partial charge in [0.15, 0.2) is 11.4 Å². The quantitative estimate of drug-likeness (QED) is 0.310. The maximum Gasteiger partial charge on any atom is 0.293 e. The number of carbonyl (C=O) groups is 2. The third-order valence-corrected chi connectivity index (χ3v) is 11.8. The number of guanidine groups is 1. The molecule has 1 heterocycles. The molecule has 5 aliphatic carbocycles. The van der Waals surface area contributed by atoms with Crippen molar-refractivity contribution in [2.24, 2.45) is 38.8 Å². The highest BCUT2D eigenvalue weighted by molar-refractivity contribution is 6.03. The molecule has 0 amide bonds. The third-order valence-electron chi connectivity index (χ3n) is 11.8. The van der Waals surface area contributed by atoms with Crippen molar-refractivity contribution in [1.82, 2.24) is 5.32 Å². The Labute approximate surface area is 207 Å². The normalized spacial score (nSPS) is 48.8. The molecule has 8 nitrogen and oxygen atoms in total. The number of Topliss-reactive ketones (excluding diaryl/α,β-unsaturated/α-hetero) is 1. The summed E-state index contributed by atoms with van der Waals surface area (Å²) < 4.78 is 0. The second-order valence-corrected chi connectivity index (χ2v) is 12.4. The first kappa shape index (κ1) is 23.6. The lowest BCUT2D eigenvalue weighted by atomic mass is 9.33. The zero-order valence-corrected chi connectivity index (χ0v) is 21.1. The first-order valence-electron chi connectivity index (χ1n) is 13.7. The van der Waals surface area contributed by atoms with Crippen molar-refractivity contribution >= 4 is 17.7 Å². The van der Waals surface area contributed by atoms with Gasteiger partial charge in [-0.25, -0.2) is 4.99 Å². The molecule has 8 atom stereocenters. The van der Waals surface area contributed by atoms with Crippen molar-refractivity contribution in [3.8, 4) is 0 Å². The Hall–Kier alpha value is -1.77. The van der Waals surface area contributed by atoms with E-state index in [1.54, 1.807) is 7.05 Å². The van der Waals surface area contributed by atoms with E-state index < -0.39 is 17.0 Å². The van der Waals surface area contributed by atoms with Crippen molar-refractivity contribution < 1.29 is 24.7 Å². The minimum atomic E-state index is -1.94. The largest absolute Gasteiger partial charge is 0.545 e. The van der Waals surface area contributed by atoms with E-state index in [9.17, 15) is 19.8 Å². The molecule has 2 spiro atoms.